The van der Waals surface area contributed by atoms with E-state index >= 15 is 0 Å². The largest absolute Gasteiger partial charge is 0.469 e. The number of aromatic amines is 1. The second-order valence-corrected chi connectivity index (χ2v) is 5.50. The summed E-state index contributed by atoms with van der Waals surface area (Å²) in [6, 6.07) is 5.72. The summed E-state index contributed by atoms with van der Waals surface area (Å²) in [6.45, 7) is 4.12. The fraction of sp³-hybridized carbons (Fsp3) is 0.353. The van der Waals surface area contributed by atoms with Gasteiger partial charge in [-0.1, -0.05) is 0 Å². The quantitative estimate of drug-likeness (QED) is 0.822. The SMILES string of the molecule is COC(=O)CCC(=O)NCc1cc2cc(C)c(C)cc2[nH]c1=O. The predicted octanol–water partition coefficient (Wildman–Crippen LogP) is 1.71. The first-order valence-electron chi connectivity index (χ1n) is 7.37. The summed E-state index contributed by atoms with van der Waals surface area (Å²) in [5, 5.41) is 3.57. The maximum Gasteiger partial charge on any atom is 0.306 e. The molecule has 0 atom stereocenters. The molecule has 1 heterocycles. The molecule has 2 rings (SSSR count). The highest BCUT2D eigenvalue weighted by Gasteiger charge is 2.09. The predicted molar refractivity (Wildman–Crippen MR) is 87.1 cm³/mol. The number of methoxy groups -OCH3 is 1. The summed E-state index contributed by atoms with van der Waals surface area (Å²) in [6.07, 6.45) is 0.0609. The van der Waals surface area contributed by atoms with Crippen LogP contribution in [0.1, 0.15) is 29.5 Å². The Hall–Kier alpha value is -2.63. The van der Waals surface area contributed by atoms with E-state index in [-0.39, 0.29) is 30.9 Å². The number of aromatic nitrogens is 1. The highest BCUT2D eigenvalue weighted by atomic mass is 16.5. The van der Waals surface area contributed by atoms with Crippen LogP contribution in [-0.4, -0.2) is 24.0 Å². The Bertz CT molecular complexity index is 808. The van der Waals surface area contributed by atoms with Gasteiger partial charge in [-0.15, -0.1) is 0 Å². The van der Waals surface area contributed by atoms with Crippen molar-refractivity contribution in [2.24, 2.45) is 0 Å². The molecule has 0 saturated heterocycles. The molecule has 2 N–H and O–H groups in total. The summed E-state index contributed by atoms with van der Waals surface area (Å²) in [5.74, 6) is -0.732. The van der Waals surface area contributed by atoms with Crippen molar-refractivity contribution in [1.29, 1.82) is 0 Å². The smallest absolute Gasteiger partial charge is 0.306 e. The molecule has 0 radical (unpaired) electrons. The van der Waals surface area contributed by atoms with Crippen LogP contribution in [0, 0.1) is 13.8 Å². The molecular weight excluding hydrogens is 296 g/mol. The molecule has 23 heavy (non-hydrogen) atoms. The molecule has 0 aliphatic carbocycles. The summed E-state index contributed by atoms with van der Waals surface area (Å²) in [5.41, 5.74) is 3.27. The van der Waals surface area contributed by atoms with Crippen molar-refractivity contribution in [1.82, 2.24) is 10.3 Å². The lowest BCUT2D eigenvalue weighted by Gasteiger charge is -2.08. The Morgan fingerprint density at radius 3 is 2.52 bits per heavy atom. The number of aryl methyl sites for hydroxylation is 2. The van der Waals surface area contributed by atoms with Gasteiger partial charge in [-0.3, -0.25) is 14.4 Å². The number of carbonyl (C=O) groups excluding carboxylic acids is 2. The van der Waals surface area contributed by atoms with E-state index in [4.69, 9.17) is 0 Å². The molecule has 6 heteroatoms. The summed E-state index contributed by atoms with van der Waals surface area (Å²) in [4.78, 5) is 37.6. The van der Waals surface area contributed by atoms with Crippen molar-refractivity contribution in [2.45, 2.75) is 33.2 Å². The van der Waals surface area contributed by atoms with Crippen LogP contribution in [0.5, 0.6) is 0 Å². The van der Waals surface area contributed by atoms with Crippen molar-refractivity contribution in [3.05, 3.63) is 45.2 Å². The van der Waals surface area contributed by atoms with Crippen molar-refractivity contribution < 1.29 is 14.3 Å². The van der Waals surface area contributed by atoms with Crippen molar-refractivity contribution in [3.63, 3.8) is 0 Å². The molecule has 122 valence electrons. The number of ether oxygens (including phenoxy) is 1. The minimum absolute atomic E-state index is 0.0227. The molecule has 0 saturated carbocycles. The second-order valence-electron chi connectivity index (χ2n) is 5.50. The maximum atomic E-state index is 12.1. The zero-order valence-electron chi connectivity index (χ0n) is 13.5. The van der Waals surface area contributed by atoms with Gasteiger partial charge >= 0.3 is 5.97 Å². The normalized spacial score (nSPS) is 10.6. The van der Waals surface area contributed by atoms with Gasteiger partial charge in [-0.2, -0.15) is 0 Å². The van der Waals surface area contributed by atoms with Crippen LogP contribution in [-0.2, 0) is 20.9 Å². The Labute approximate surface area is 133 Å². The number of amides is 1. The first kappa shape index (κ1) is 16.7. The number of H-pyrrole nitrogens is 1. The van der Waals surface area contributed by atoms with E-state index in [2.05, 4.69) is 15.0 Å². The van der Waals surface area contributed by atoms with E-state index in [1.54, 1.807) is 6.07 Å². The molecule has 0 fully saturated rings. The Morgan fingerprint density at radius 1 is 1.13 bits per heavy atom. The van der Waals surface area contributed by atoms with E-state index in [1.807, 2.05) is 26.0 Å². The number of benzene rings is 1. The topological polar surface area (TPSA) is 88.3 Å². The molecule has 2 aromatic rings. The zero-order valence-corrected chi connectivity index (χ0v) is 13.5. The van der Waals surface area contributed by atoms with Crippen LogP contribution in [0.2, 0.25) is 0 Å². The van der Waals surface area contributed by atoms with Crippen molar-refractivity contribution in [2.75, 3.05) is 7.11 Å². The zero-order chi connectivity index (χ0) is 17.0. The van der Waals surface area contributed by atoms with E-state index in [9.17, 15) is 14.4 Å². The number of nitrogens with one attached hydrogen (secondary N) is 2. The monoisotopic (exact) mass is 316 g/mol. The molecule has 0 bridgehead atoms. The van der Waals surface area contributed by atoms with E-state index < -0.39 is 5.97 Å². The number of esters is 1. The van der Waals surface area contributed by atoms with Gasteiger partial charge in [0.1, 0.15) is 0 Å². The molecule has 1 amide bonds. The van der Waals surface area contributed by atoms with Gasteiger partial charge in [0.05, 0.1) is 13.5 Å². The minimum Gasteiger partial charge on any atom is -0.469 e. The number of hydrogen-bond acceptors (Lipinski definition) is 4. The summed E-state index contributed by atoms with van der Waals surface area (Å²) in [7, 11) is 1.28. The molecule has 0 aliphatic rings. The van der Waals surface area contributed by atoms with Crippen LogP contribution < -0.4 is 10.9 Å². The second kappa shape index (κ2) is 7.09. The van der Waals surface area contributed by atoms with Crippen LogP contribution in [0.4, 0.5) is 0 Å². The Morgan fingerprint density at radius 2 is 1.83 bits per heavy atom. The van der Waals surface area contributed by atoms with Gasteiger partial charge in [0.25, 0.3) is 5.56 Å². The molecule has 0 spiro atoms. The van der Waals surface area contributed by atoms with Gasteiger partial charge in [0.15, 0.2) is 0 Å². The maximum absolute atomic E-state index is 12.1. The number of pyridine rings is 1. The average Bonchev–Trinajstić information content (AvgIpc) is 2.52. The van der Waals surface area contributed by atoms with Crippen LogP contribution in [0.15, 0.2) is 23.0 Å². The Balaban J connectivity index is 2.10. The van der Waals surface area contributed by atoms with Gasteiger partial charge in [0, 0.05) is 24.0 Å². The number of hydrogen-bond donors (Lipinski definition) is 2. The molecule has 0 aliphatic heterocycles. The van der Waals surface area contributed by atoms with E-state index in [0.29, 0.717) is 5.56 Å². The molecule has 6 nitrogen and oxygen atoms in total. The molecular formula is C17H20N2O4. The first-order valence-corrected chi connectivity index (χ1v) is 7.37. The summed E-state index contributed by atoms with van der Waals surface area (Å²) >= 11 is 0. The number of rotatable bonds is 5. The summed E-state index contributed by atoms with van der Waals surface area (Å²) < 4.78 is 4.48. The van der Waals surface area contributed by atoms with Gasteiger partial charge in [-0.05, 0) is 48.6 Å². The van der Waals surface area contributed by atoms with Crippen LogP contribution in [0.25, 0.3) is 10.9 Å². The molecule has 0 unspecified atom stereocenters. The number of carbonyl (C=O) groups is 2. The lowest BCUT2D eigenvalue weighted by atomic mass is 10.0. The van der Waals surface area contributed by atoms with Gasteiger partial charge in [-0.25, -0.2) is 0 Å². The fourth-order valence-electron chi connectivity index (χ4n) is 2.25. The van der Waals surface area contributed by atoms with Gasteiger partial charge < -0.3 is 15.0 Å². The third kappa shape index (κ3) is 4.18. The van der Waals surface area contributed by atoms with E-state index in [1.165, 1.54) is 7.11 Å². The van der Waals surface area contributed by atoms with E-state index in [0.717, 1.165) is 22.0 Å². The lowest BCUT2D eigenvalue weighted by molar-refractivity contribution is -0.142. The lowest BCUT2D eigenvalue weighted by Crippen LogP contribution is -2.27. The molecule has 1 aromatic heterocycles. The van der Waals surface area contributed by atoms with Crippen molar-refractivity contribution >= 4 is 22.8 Å². The standard InChI is InChI=1S/C17H20N2O4/c1-10-6-12-8-13(17(22)19-14(12)7-11(10)2)9-18-15(20)4-5-16(21)23-3/h6-8H,4-5,9H2,1-3H3,(H,18,20)(H,19,22). The van der Waals surface area contributed by atoms with Crippen molar-refractivity contribution in [3.8, 4) is 0 Å². The average molecular weight is 316 g/mol. The third-order valence-corrected chi connectivity index (χ3v) is 3.80. The highest BCUT2D eigenvalue weighted by Crippen LogP contribution is 2.17. The Kier molecular flexibility index (Phi) is 5.16. The van der Waals surface area contributed by atoms with Crippen LogP contribution >= 0.6 is 0 Å². The molecule has 1 aromatic carbocycles. The highest BCUT2D eigenvalue weighted by molar-refractivity contribution is 5.82. The van der Waals surface area contributed by atoms with Crippen LogP contribution in [0.3, 0.4) is 0 Å². The number of fused-ring (bicyclic) bond motifs is 1. The fourth-order valence-corrected chi connectivity index (χ4v) is 2.25. The third-order valence-electron chi connectivity index (χ3n) is 3.80. The minimum atomic E-state index is -0.436. The first-order chi connectivity index (χ1) is 10.9. The van der Waals surface area contributed by atoms with Gasteiger partial charge in [0.2, 0.25) is 5.91 Å².